The van der Waals surface area contributed by atoms with Gasteiger partial charge >= 0.3 is 0 Å². The number of rotatable bonds is 5. The minimum Gasteiger partial charge on any atom is -0.363 e. The molecule has 1 aromatic carbocycles. The fourth-order valence-electron chi connectivity index (χ4n) is 6.55. The molecule has 216 valence electrons. The van der Waals surface area contributed by atoms with E-state index in [2.05, 4.69) is 27.7 Å². The van der Waals surface area contributed by atoms with Gasteiger partial charge < -0.3 is 14.7 Å². The Bertz CT molecular complexity index is 1840. The predicted octanol–water partition coefficient (Wildman–Crippen LogP) is 3.58. The highest BCUT2D eigenvalue weighted by molar-refractivity contribution is 5.99. The molecule has 2 saturated heterocycles. The number of aryl methyl sites for hydroxylation is 1. The minimum absolute atomic E-state index is 0.0411. The van der Waals surface area contributed by atoms with Gasteiger partial charge in [0.2, 0.25) is 5.91 Å². The number of carbonyl (C=O) groups is 1. The number of nitriles is 1. The SMILES string of the molecule is C=CC(=O)N1CCN(c2c(C#N)c(=O)n(CC3CCCN3C)c3nc(-c4c(C)ccc5[nH]ncc45)c(F)cc23)C(C)C1. The second kappa shape index (κ2) is 10.7. The summed E-state index contributed by atoms with van der Waals surface area (Å²) in [4.78, 5) is 37.2. The average molecular weight is 569 g/mol. The third kappa shape index (κ3) is 4.43. The number of aromatic amines is 1. The lowest BCUT2D eigenvalue weighted by Gasteiger charge is -2.41. The van der Waals surface area contributed by atoms with Crippen LogP contribution in [-0.4, -0.2) is 80.8 Å². The van der Waals surface area contributed by atoms with E-state index in [1.54, 1.807) is 15.7 Å². The van der Waals surface area contributed by atoms with Crippen LogP contribution in [0.2, 0.25) is 0 Å². The summed E-state index contributed by atoms with van der Waals surface area (Å²) >= 11 is 0. The van der Waals surface area contributed by atoms with Crippen LogP contribution in [0.1, 0.15) is 30.9 Å². The zero-order valence-corrected chi connectivity index (χ0v) is 24.0. The summed E-state index contributed by atoms with van der Waals surface area (Å²) in [6, 6.07) is 7.18. The Morgan fingerprint density at radius 1 is 1.29 bits per heavy atom. The Morgan fingerprint density at radius 2 is 2.10 bits per heavy atom. The number of nitrogens with zero attached hydrogens (tertiary/aromatic N) is 7. The molecule has 2 fully saturated rings. The Morgan fingerprint density at radius 3 is 2.79 bits per heavy atom. The van der Waals surface area contributed by atoms with Crippen LogP contribution in [0.25, 0.3) is 33.2 Å². The predicted molar refractivity (Wildman–Crippen MR) is 160 cm³/mol. The van der Waals surface area contributed by atoms with Gasteiger partial charge in [-0.3, -0.25) is 19.3 Å². The smallest absolute Gasteiger partial charge is 0.272 e. The number of benzene rings is 1. The zero-order valence-electron chi connectivity index (χ0n) is 24.0. The summed E-state index contributed by atoms with van der Waals surface area (Å²) in [7, 11) is 2.03. The maximum absolute atomic E-state index is 16.3. The molecule has 5 heterocycles. The van der Waals surface area contributed by atoms with Gasteiger partial charge in [-0.1, -0.05) is 12.6 Å². The highest BCUT2D eigenvalue weighted by Crippen LogP contribution is 2.37. The fraction of sp³-hybridized carbons (Fsp3) is 0.387. The van der Waals surface area contributed by atoms with Crippen molar-refractivity contribution in [1.29, 1.82) is 5.26 Å². The van der Waals surface area contributed by atoms with Crippen molar-refractivity contribution in [2.75, 3.05) is 38.1 Å². The number of hydrogen-bond donors (Lipinski definition) is 1. The van der Waals surface area contributed by atoms with Crippen LogP contribution in [0.15, 0.2) is 41.8 Å². The zero-order chi connectivity index (χ0) is 29.7. The first-order chi connectivity index (χ1) is 20.2. The quantitative estimate of drug-likeness (QED) is 0.366. The lowest BCUT2D eigenvalue weighted by Crippen LogP contribution is -2.54. The number of amides is 1. The first-order valence-corrected chi connectivity index (χ1v) is 14.2. The van der Waals surface area contributed by atoms with Crippen molar-refractivity contribution in [3.8, 4) is 17.3 Å². The summed E-state index contributed by atoms with van der Waals surface area (Å²) in [6.45, 7) is 9.79. The van der Waals surface area contributed by atoms with Gasteiger partial charge in [0.1, 0.15) is 28.8 Å². The highest BCUT2D eigenvalue weighted by Gasteiger charge is 2.33. The number of anilines is 1. The van der Waals surface area contributed by atoms with Crippen LogP contribution in [0.5, 0.6) is 0 Å². The second-order valence-corrected chi connectivity index (χ2v) is 11.3. The molecule has 1 N–H and O–H groups in total. The number of piperazine rings is 1. The van der Waals surface area contributed by atoms with Crippen molar-refractivity contribution in [2.24, 2.45) is 0 Å². The van der Waals surface area contributed by atoms with E-state index in [1.807, 2.05) is 37.9 Å². The lowest BCUT2D eigenvalue weighted by molar-refractivity contribution is -0.126. The molecule has 10 nitrogen and oxygen atoms in total. The molecule has 0 saturated carbocycles. The molecule has 2 aliphatic rings. The monoisotopic (exact) mass is 568 g/mol. The second-order valence-electron chi connectivity index (χ2n) is 11.3. The molecule has 0 bridgehead atoms. The third-order valence-electron chi connectivity index (χ3n) is 8.81. The van der Waals surface area contributed by atoms with Gasteiger partial charge in [0.25, 0.3) is 5.56 Å². The van der Waals surface area contributed by atoms with Crippen molar-refractivity contribution in [3.05, 3.63) is 64.3 Å². The van der Waals surface area contributed by atoms with Gasteiger partial charge in [-0.05, 0) is 64.1 Å². The van der Waals surface area contributed by atoms with E-state index in [-0.39, 0.29) is 29.2 Å². The molecule has 3 aromatic heterocycles. The number of fused-ring (bicyclic) bond motifs is 2. The Kier molecular flexibility index (Phi) is 7.02. The number of hydrogen-bond acceptors (Lipinski definition) is 7. The van der Waals surface area contributed by atoms with Crippen LogP contribution < -0.4 is 10.5 Å². The maximum atomic E-state index is 16.3. The number of H-pyrrole nitrogens is 1. The van der Waals surface area contributed by atoms with Gasteiger partial charge in [-0.2, -0.15) is 10.4 Å². The number of halogens is 1. The molecule has 0 radical (unpaired) electrons. The Labute approximate surface area is 242 Å². The largest absolute Gasteiger partial charge is 0.363 e. The molecule has 11 heteroatoms. The average Bonchev–Trinajstić information content (AvgIpc) is 3.62. The topological polar surface area (TPSA) is 114 Å². The Balaban J connectivity index is 1.61. The summed E-state index contributed by atoms with van der Waals surface area (Å²) in [5.74, 6) is -0.732. The van der Waals surface area contributed by atoms with Crippen LogP contribution >= 0.6 is 0 Å². The van der Waals surface area contributed by atoms with Crippen LogP contribution in [0, 0.1) is 24.1 Å². The third-order valence-corrected chi connectivity index (χ3v) is 8.81. The summed E-state index contributed by atoms with van der Waals surface area (Å²) < 4.78 is 17.8. The minimum atomic E-state index is -0.555. The van der Waals surface area contributed by atoms with Crippen molar-refractivity contribution in [3.63, 3.8) is 0 Å². The molecular weight excluding hydrogens is 535 g/mol. The number of aromatic nitrogens is 4. The van der Waals surface area contributed by atoms with Gasteiger partial charge in [0.15, 0.2) is 0 Å². The van der Waals surface area contributed by atoms with Crippen LogP contribution in [-0.2, 0) is 11.3 Å². The van der Waals surface area contributed by atoms with E-state index in [9.17, 15) is 14.9 Å². The molecule has 1 amide bonds. The van der Waals surface area contributed by atoms with Crippen molar-refractivity contribution in [1.82, 2.24) is 29.5 Å². The van der Waals surface area contributed by atoms with Gasteiger partial charge in [-0.25, -0.2) is 9.37 Å². The molecular formula is C31H33FN8O2. The molecule has 2 aliphatic heterocycles. The van der Waals surface area contributed by atoms with Gasteiger partial charge in [0.05, 0.1) is 17.4 Å². The van der Waals surface area contributed by atoms with Crippen molar-refractivity contribution < 1.29 is 9.18 Å². The molecule has 6 rings (SSSR count). The van der Waals surface area contributed by atoms with Crippen LogP contribution in [0.3, 0.4) is 0 Å². The number of likely N-dealkylation sites (tertiary alicyclic amines) is 1. The van der Waals surface area contributed by atoms with Gasteiger partial charge in [0, 0.05) is 54.6 Å². The number of likely N-dealkylation sites (N-methyl/N-ethyl adjacent to an activating group) is 1. The van der Waals surface area contributed by atoms with E-state index in [1.165, 1.54) is 12.1 Å². The first-order valence-electron chi connectivity index (χ1n) is 14.2. The number of carbonyl (C=O) groups excluding carboxylic acids is 1. The number of pyridine rings is 2. The van der Waals surface area contributed by atoms with E-state index < -0.39 is 11.4 Å². The fourth-order valence-corrected chi connectivity index (χ4v) is 6.55. The maximum Gasteiger partial charge on any atom is 0.272 e. The van der Waals surface area contributed by atoms with Crippen molar-refractivity contribution in [2.45, 2.75) is 45.3 Å². The van der Waals surface area contributed by atoms with Gasteiger partial charge in [-0.15, -0.1) is 0 Å². The molecule has 42 heavy (non-hydrogen) atoms. The van der Waals surface area contributed by atoms with Crippen molar-refractivity contribution >= 4 is 33.5 Å². The molecule has 0 spiro atoms. The molecule has 2 unspecified atom stereocenters. The van der Waals surface area contributed by atoms with E-state index in [0.717, 1.165) is 35.9 Å². The molecule has 4 aromatic rings. The highest BCUT2D eigenvalue weighted by atomic mass is 19.1. The van der Waals surface area contributed by atoms with Crippen LogP contribution in [0.4, 0.5) is 10.1 Å². The standard InChI is InChI=1S/C31H33FN8O2/c1-5-26(41)38-11-12-39(19(3)16-38)29-21-13-24(32)28(27-18(2)8-9-25-23(27)15-34-36-25)35-30(21)40(31(42)22(29)14-33)17-20-7-6-10-37(20)4/h5,8-9,13,15,19-20H,1,6-7,10-12,16-17H2,2-4H3,(H,34,36). The molecule has 2 atom stereocenters. The normalized spacial score (nSPS) is 19.5. The van der Waals surface area contributed by atoms with E-state index in [0.29, 0.717) is 48.5 Å². The summed E-state index contributed by atoms with van der Waals surface area (Å²) in [6.07, 6.45) is 4.85. The summed E-state index contributed by atoms with van der Waals surface area (Å²) in [5.41, 5.74) is 2.53. The summed E-state index contributed by atoms with van der Waals surface area (Å²) in [5, 5.41) is 18.5. The van der Waals surface area contributed by atoms with E-state index in [4.69, 9.17) is 4.98 Å². The molecule has 0 aliphatic carbocycles. The lowest BCUT2D eigenvalue weighted by atomic mass is 9.99. The first kappa shape index (κ1) is 27.6. The Hall–Kier alpha value is -4.56. The number of nitrogens with one attached hydrogen (secondary N) is 1. The van der Waals surface area contributed by atoms with E-state index >= 15 is 4.39 Å².